The van der Waals surface area contributed by atoms with Crippen molar-refractivity contribution >= 4 is 15.8 Å². The molecular weight excluding hydrogens is 590 g/mol. The number of morpholine rings is 1. The monoisotopic (exact) mass is 609 g/mol. The van der Waals surface area contributed by atoms with Gasteiger partial charge in [0.2, 0.25) is 34.8 Å². The maximum Gasteiger partial charge on any atom is 0.416 e. The van der Waals surface area contributed by atoms with Crippen LogP contribution in [0.25, 0.3) is 0 Å². The number of hydrogen-bond acceptors (Lipinski definition) is 6. The fourth-order valence-corrected chi connectivity index (χ4v) is 5.70. The zero-order chi connectivity index (χ0) is 29.7. The number of ether oxygens (including phenoxy) is 2. The molecule has 2 aliphatic heterocycles. The third-order valence-corrected chi connectivity index (χ3v) is 7.98. The number of anilines is 1. The summed E-state index contributed by atoms with van der Waals surface area (Å²) in [5.74, 6) is -14.8. The second-order valence-electron chi connectivity index (χ2n) is 9.20. The van der Waals surface area contributed by atoms with Gasteiger partial charge < -0.3 is 18.6 Å². The van der Waals surface area contributed by atoms with E-state index in [0.717, 1.165) is 24.3 Å². The van der Waals surface area contributed by atoms with Gasteiger partial charge in [-0.15, -0.1) is 0 Å². The van der Waals surface area contributed by atoms with Gasteiger partial charge in [0.1, 0.15) is 10.6 Å². The van der Waals surface area contributed by atoms with E-state index < -0.39 is 67.5 Å². The van der Waals surface area contributed by atoms with Crippen molar-refractivity contribution in [1.82, 2.24) is 0 Å². The second-order valence-corrected chi connectivity index (χ2v) is 10.7. The van der Waals surface area contributed by atoms with Gasteiger partial charge >= 0.3 is 16.3 Å². The van der Waals surface area contributed by atoms with E-state index in [0.29, 0.717) is 49.5 Å². The molecular formula is C26H19F8NO5S. The van der Waals surface area contributed by atoms with E-state index >= 15 is 0 Å². The Morgan fingerprint density at radius 1 is 0.805 bits per heavy atom. The Kier molecular flexibility index (Phi) is 7.53. The summed E-state index contributed by atoms with van der Waals surface area (Å²) in [7, 11) is -5.13. The summed E-state index contributed by atoms with van der Waals surface area (Å²) in [6, 6.07) is 6.55. The maximum atomic E-state index is 14.0. The van der Waals surface area contributed by atoms with Gasteiger partial charge in [-0.1, -0.05) is 12.1 Å². The van der Waals surface area contributed by atoms with Gasteiger partial charge in [-0.3, -0.25) is 0 Å². The molecule has 1 saturated heterocycles. The Balaban J connectivity index is 1.52. The van der Waals surface area contributed by atoms with Crippen molar-refractivity contribution in [1.29, 1.82) is 0 Å². The lowest BCUT2D eigenvalue weighted by Gasteiger charge is -2.34. The molecule has 3 aromatic rings. The smallest absolute Gasteiger partial charge is 0.416 e. The van der Waals surface area contributed by atoms with E-state index in [4.69, 9.17) is 9.47 Å². The van der Waals surface area contributed by atoms with Crippen LogP contribution < -0.4 is 13.8 Å². The fraction of sp³-hybridized carbons (Fsp3) is 0.308. The van der Waals surface area contributed by atoms with Crippen molar-refractivity contribution in [3.63, 3.8) is 0 Å². The number of rotatable bonds is 5. The SMILES string of the molecule is O=S(=O)(Oc1c(F)c(F)c(F)c(F)c1F)c1ccc2c(c1)OCCC2c1ccc(C(F)(F)F)cc1N1CCOCC1. The number of fused-ring (bicyclic) bond motifs is 1. The first-order valence-corrected chi connectivity index (χ1v) is 13.5. The van der Waals surface area contributed by atoms with Crippen molar-refractivity contribution in [2.24, 2.45) is 0 Å². The Labute approximate surface area is 228 Å². The molecule has 1 atom stereocenters. The van der Waals surface area contributed by atoms with Crippen LogP contribution in [-0.2, 0) is 21.0 Å². The first-order chi connectivity index (χ1) is 19.3. The standard InChI is InChI=1S/C26H19F8NO5S/c27-20-21(28)23(30)25(24(31)22(20)29)40-41(36,37)14-2-4-17-15(5-8-39-19(17)12-14)16-3-1-13(26(32,33)34)11-18(16)35-6-9-38-10-7-35/h1-4,11-12,15H,5-10H2. The third kappa shape index (κ3) is 5.39. The second kappa shape index (κ2) is 10.7. The highest BCUT2D eigenvalue weighted by atomic mass is 32.2. The van der Waals surface area contributed by atoms with Crippen LogP contribution in [0, 0.1) is 29.1 Å². The normalized spacial score (nSPS) is 17.7. The summed E-state index contributed by atoms with van der Waals surface area (Å²) < 4.78 is 150. The van der Waals surface area contributed by atoms with Crippen molar-refractivity contribution < 1.29 is 57.2 Å². The molecule has 1 unspecified atom stereocenters. The molecule has 220 valence electrons. The average Bonchev–Trinajstić information content (AvgIpc) is 2.96. The zero-order valence-electron chi connectivity index (χ0n) is 20.7. The van der Waals surface area contributed by atoms with E-state index in [-0.39, 0.29) is 12.4 Å². The van der Waals surface area contributed by atoms with Crippen molar-refractivity contribution in [3.8, 4) is 11.5 Å². The van der Waals surface area contributed by atoms with E-state index in [9.17, 15) is 43.5 Å². The van der Waals surface area contributed by atoms with Gasteiger partial charge in [-0.05, 0) is 30.2 Å². The molecule has 1 fully saturated rings. The predicted octanol–water partition coefficient (Wildman–Crippen LogP) is 5.92. The Bertz CT molecular complexity index is 1580. The lowest BCUT2D eigenvalue weighted by atomic mass is 9.85. The van der Waals surface area contributed by atoms with Crippen LogP contribution in [0.2, 0.25) is 0 Å². The molecule has 0 amide bonds. The highest BCUT2D eigenvalue weighted by molar-refractivity contribution is 7.87. The minimum atomic E-state index is -5.13. The lowest BCUT2D eigenvalue weighted by Crippen LogP contribution is -2.37. The van der Waals surface area contributed by atoms with Gasteiger partial charge in [0.15, 0.2) is 0 Å². The third-order valence-electron chi connectivity index (χ3n) is 6.76. The van der Waals surface area contributed by atoms with E-state index in [1.54, 1.807) is 4.90 Å². The fourth-order valence-electron chi connectivity index (χ4n) is 4.76. The van der Waals surface area contributed by atoms with Gasteiger partial charge in [0.25, 0.3) is 0 Å². The molecule has 5 rings (SSSR count). The van der Waals surface area contributed by atoms with Crippen LogP contribution in [0.1, 0.15) is 29.0 Å². The Morgan fingerprint density at radius 2 is 1.41 bits per heavy atom. The van der Waals surface area contributed by atoms with Gasteiger partial charge in [0.05, 0.1) is 25.4 Å². The maximum absolute atomic E-state index is 14.0. The van der Waals surface area contributed by atoms with Crippen molar-refractivity contribution in [2.45, 2.75) is 23.4 Å². The highest BCUT2D eigenvalue weighted by Crippen LogP contribution is 2.44. The van der Waals surface area contributed by atoms with Crippen LogP contribution in [0.5, 0.6) is 11.5 Å². The molecule has 41 heavy (non-hydrogen) atoms. The molecule has 2 heterocycles. The number of benzene rings is 3. The van der Waals surface area contributed by atoms with Gasteiger partial charge in [0, 0.05) is 36.3 Å². The lowest BCUT2D eigenvalue weighted by molar-refractivity contribution is -0.137. The zero-order valence-corrected chi connectivity index (χ0v) is 21.5. The van der Waals surface area contributed by atoms with Gasteiger partial charge in [-0.2, -0.15) is 30.4 Å². The highest BCUT2D eigenvalue weighted by Gasteiger charge is 2.35. The Morgan fingerprint density at radius 3 is 2.05 bits per heavy atom. The number of alkyl halides is 3. The first kappa shape index (κ1) is 28.9. The van der Waals surface area contributed by atoms with Crippen molar-refractivity contribution in [2.75, 3.05) is 37.8 Å². The van der Waals surface area contributed by atoms with E-state index in [1.807, 2.05) is 0 Å². The average molecular weight is 609 g/mol. The Hall–Kier alpha value is -3.59. The summed E-state index contributed by atoms with van der Waals surface area (Å²) in [6.07, 6.45) is -4.27. The van der Waals surface area contributed by atoms with Crippen LogP contribution in [0.15, 0.2) is 41.3 Å². The topological polar surface area (TPSA) is 65.1 Å². The summed E-state index contributed by atoms with van der Waals surface area (Å²) in [6.45, 7) is 1.34. The molecule has 0 bridgehead atoms. The van der Waals surface area contributed by atoms with Crippen LogP contribution in [-0.4, -0.2) is 41.3 Å². The van der Waals surface area contributed by atoms with Crippen LogP contribution >= 0.6 is 0 Å². The minimum absolute atomic E-state index is 0.0174. The van der Waals surface area contributed by atoms with Crippen LogP contribution in [0.4, 0.5) is 40.8 Å². The molecule has 0 radical (unpaired) electrons. The number of hydrogen-bond donors (Lipinski definition) is 0. The number of nitrogens with zero attached hydrogens (tertiary/aromatic N) is 1. The largest absolute Gasteiger partial charge is 0.493 e. The molecule has 0 spiro atoms. The summed E-state index contributed by atoms with van der Waals surface area (Å²) in [4.78, 5) is 1.04. The first-order valence-electron chi connectivity index (χ1n) is 12.1. The van der Waals surface area contributed by atoms with Crippen LogP contribution in [0.3, 0.4) is 0 Å². The summed E-state index contributed by atoms with van der Waals surface area (Å²) in [5.41, 5.74) is 0.410. The molecule has 0 N–H and O–H groups in total. The quantitative estimate of drug-likeness (QED) is 0.155. The van der Waals surface area contributed by atoms with Crippen molar-refractivity contribution in [3.05, 3.63) is 82.2 Å². The molecule has 0 aromatic heterocycles. The molecule has 2 aliphatic rings. The van der Waals surface area contributed by atoms with E-state index in [1.165, 1.54) is 12.1 Å². The van der Waals surface area contributed by atoms with E-state index in [2.05, 4.69) is 4.18 Å². The summed E-state index contributed by atoms with van der Waals surface area (Å²) in [5, 5.41) is 0. The minimum Gasteiger partial charge on any atom is -0.493 e. The van der Waals surface area contributed by atoms with Gasteiger partial charge in [-0.25, -0.2) is 13.2 Å². The number of halogens is 8. The predicted molar refractivity (Wildman–Crippen MR) is 127 cm³/mol. The molecule has 3 aromatic carbocycles. The molecule has 0 saturated carbocycles. The molecule has 15 heteroatoms. The summed E-state index contributed by atoms with van der Waals surface area (Å²) >= 11 is 0. The molecule has 6 nitrogen and oxygen atoms in total. The molecule has 0 aliphatic carbocycles.